The van der Waals surface area contributed by atoms with E-state index in [0.717, 1.165) is 70.6 Å². The third-order valence-corrected chi connectivity index (χ3v) is 13.0. The van der Waals surface area contributed by atoms with E-state index in [4.69, 9.17) is 9.47 Å². The van der Waals surface area contributed by atoms with Gasteiger partial charge in [0.05, 0.1) is 25.4 Å². The summed E-state index contributed by atoms with van der Waals surface area (Å²) in [6.07, 6.45) is 57.2. The van der Waals surface area contributed by atoms with Crippen LogP contribution in [0.5, 0.6) is 0 Å². The molecule has 0 saturated carbocycles. The summed E-state index contributed by atoms with van der Waals surface area (Å²) in [4.78, 5) is 13.0. The molecule has 0 spiro atoms. The molecule has 9 nitrogen and oxygen atoms in total. The highest BCUT2D eigenvalue weighted by atomic mass is 16.7. The SMILES string of the molecule is CCCCC/C=C\C/C=C\CCCCCCCC(=O)NC(COC1OC(CO)C(O)C(O)C1O)C(O)/C=C/CC/C=C/CC/C=C/CCCCCCCCCCCCCCCCCCCCC. The molecule has 7 unspecified atom stereocenters. The van der Waals surface area contributed by atoms with Crippen molar-refractivity contribution < 1.29 is 39.8 Å². The fourth-order valence-corrected chi connectivity index (χ4v) is 8.57. The number of ether oxygens (including phenoxy) is 2. The Kier molecular flexibility index (Phi) is 44.7. The Morgan fingerprint density at radius 3 is 1.37 bits per heavy atom. The lowest BCUT2D eigenvalue weighted by Crippen LogP contribution is -2.60. The van der Waals surface area contributed by atoms with Crippen LogP contribution in [-0.2, 0) is 14.3 Å². The van der Waals surface area contributed by atoms with Gasteiger partial charge in [-0.05, 0) is 77.0 Å². The predicted molar refractivity (Wildman–Crippen MR) is 281 cm³/mol. The van der Waals surface area contributed by atoms with Crippen LogP contribution < -0.4 is 5.32 Å². The molecule has 0 aromatic rings. The van der Waals surface area contributed by atoms with Crippen LogP contribution in [0.2, 0.25) is 0 Å². The average Bonchev–Trinajstić information content (AvgIpc) is 3.33. The number of allylic oxidation sites excluding steroid dienone is 9. The zero-order chi connectivity index (χ0) is 48.7. The maximum absolute atomic E-state index is 13.0. The molecule has 390 valence electrons. The fraction of sp³-hybridized carbons (Fsp3) is 0.810. The maximum atomic E-state index is 13.0. The van der Waals surface area contributed by atoms with Crippen molar-refractivity contribution in [2.45, 2.75) is 288 Å². The van der Waals surface area contributed by atoms with Crippen LogP contribution in [0.4, 0.5) is 0 Å². The molecule has 1 heterocycles. The molecule has 7 atom stereocenters. The average molecular weight is 944 g/mol. The lowest BCUT2D eigenvalue weighted by molar-refractivity contribution is -0.302. The molecule has 0 aromatic heterocycles. The van der Waals surface area contributed by atoms with E-state index in [1.807, 2.05) is 6.08 Å². The van der Waals surface area contributed by atoms with E-state index in [2.05, 4.69) is 67.8 Å². The van der Waals surface area contributed by atoms with Gasteiger partial charge in [-0.2, -0.15) is 0 Å². The first kappa shape index (κ1) is 62.9. The molecule has 0 aliphatic carbocycles. The molecule has 1 aliphatic heterocycles. The van der Waals surface area contributed by atoms with Gasteiger partial charge < -0.3 is 40.3 Å². The molecule has 1 amide bonds. The van der Waals surface area contributed by atoms with Gasteiger partial charge in [-0.15, -0.1) is 0 Å². The third-order valence-electron chi connectivity index (χ3n) is 13.0. The Hall–Kier alpha value is -2.11. The van der Waals surface area contributed by atoms with E-state index < -0.39 is 49.5 Å². The zero-order valence-corrected chi connectivity index (χ0v) is 43.1. The van der Waals surface area contributed by atoms with E-state index in [9.17, 15) is 30.3 Å². The Balaban J connectivity index is 2.26. The zero-order valence-electron chi connectivity index (χ0n) is 43.1. The summed E-state index contributed by atoms with van der Waals surface area (Å²) in [6.45, 7) is 3.73. The first-order chi connectivity index (χ1) is 32.8. The van der Waals surface area contributed by atoms with Crippen LogP contribution in [0.1, 0.15) is 245 Å². The number of carbonyl (C=O) groups is 1. The van der Waals surface area contributed by atoms with E-state index >= 15 is 0 Å². The van der Waals surface area contributed by atoms with Crippen molar-refractivity contribution in [3.05, 3.63) is 60.8 Å². The van der Waals surface area contributed by atoms with Crippen molar-refractivity contribution >= 4 is 5.91 Å². The Bertz CT molecular complexity index is 1230. The standard InChI is InChI=1S/C58H105NO8/c1-3-5-7-9-11-13-15-17-19-20-21-22-23-24-25-26-27-28-29-30-31-32-34-35-37-39-41-43-45-47-52(61)51(50-66-58-57(65)56(64)55(63)53(49-60)67-58)59-54(62)48-46-44-42-40-38-36-33-18-16-14-12-10-8-6-4-2/h12,14,18,31-33,37,39,45,47,51-53,55-58,60-61,63-65H,3-11,13,15-17,19-30,34-36,38,40-44,46,48-50H2,1-2H3,(H,59,62)/b14-12-,32-31+,33-18-,39-37+,47-45+. The Morgan fingerprint density at radius 1 is 0.507 bits per heavy atom. The molecule has 1 rings (SSSR count). The molecule has 67 heavy (non-hydrogen) atoms. The van der Waals surface area contributed by atoms with Crippen LogP contribution in [0.15, 0.2) is 60.8 Å². The minimum Gasteiger partial charge on any atom is -0.394 e. The van der Waals surface area contributed by atoms with Crippen molar-refractivity contribution in [3.63, 3.8) is 0 Å². The monoisotopic (exact) mass is 944 g/mol. The molecule has 0 bridgehead atoms. The lowest BCUT2D eigenvalue weighted by atomic mass is 9.99. The fourth-order valence-electron chi connectivity index (χ4n) is 8.57. The van der Waals surface area contributed by atoms with Crippen LogP contribution >= 0.6 is 0 Å². The number of aliphatic hydroxyl groups excluding tert-OH is 5. The molecule has 1 aliphatic rings. The van der Waals surface area contributed by atoms with Crippen molar-refractivity contribution in [2.24, 2.45) is 0 Å². The summed E-state index contributed by atoms with van der Waals surface area (Å²) in [7, 11) is 0. The number of unbranched alkanes of at least 4 members (excludes halogenated alkanes) is 29. The smallest absolute Gasteiger partial charge is 0.220 e. The van der Waals surface area contributed by atoms with Crippen molar-refractivity contribution in [3.8, 4) is 0 Å². The quantitative estimate of drug-likeness (QED) is 0.0261. The summed E-state index contributed by atoms with van der Waals surface area (Å²) in [5.41, 5.74) is 0. The highest BCUT2D eigenvalue weighted by molar-refractivity contribution is 5.76. The second-order valence-electron chi connectivity index (χ2n) is 19.4. The second-order valence-corrected chi connectivity index (χ2v) is 19.4. The molecular weight excluding hydrogens is 839 g/mol. The molecular formula is C58H105NO8. The van der Waals surface area contributed by atoms with Gasteiger partial charge >= 0.3 is 0 Å². The van der Waals surface area contributed by atoms with Gasteiger partial charge in [-0.25, -0.2) is 0 Å². The van der Waals surface area contributed by atoms with E-state index in [0.29, 0.717) is 6.42 Å². The van der Waals surface area contributed by atoms with Crippen LogP contribution in [-0.4, -0.2) is 87.5 Å². The van der Waals surface area contributed by atoms with E-state index in [-0.39, 0.29) is 12.5 Å². The first-order valence-electron chi connectivity index (χ1n) is 28.0. The highest BCUT2D eigenvalue weighted by Crippen LogP contribution is 2.23. The molecule has 6 N–H and O–H groups in total. The van der Waals surface area contributed by atoms with Crippen LogP contribution in [0, 0.1) is 0 Å². The molecule has 9 heteroatoms. The third kappa shape index (κ3) is 37.4. The second kappa shape index (κ2) is 47.6. The maximum Gasteiger partial charge on any atom is 0.220 e. The number of rotatable bonds is 47. The summed E-state index contributed by atoms with van der Waals surface area (Å²) in [5.74, 6) is -0.205. The molecule has 1 fully saturated rings. The van der Waals surface area contributed by atoms with Crippen molar-refractivity contribution in [1.82, 2.24) is 5.32 Å². The van der Waals surface area contributed by atoms with Crippen molar-refractivity contribution in [2.75, 3.05) is 13.2 Å². The van der Waals surface area contributed by atoms with Gasteiger partial charge in [0.15, 0.2) is 6.29 Å². The summed E-state index contributed by atoms with van der Waals surface area (Å²) < 4.78 is 11.2. The number of hydrogen-bond acceptors (Lipinski definition) is 8. The van der Waals surface area contributed by atoms with Crippen LogP contribution in [0.25, 0.3) is 0 Å². The van der Waals surface area contributed by atoms with E-state index in [1.165, 1.54) is 154 Å². The van der Waals surface area contributed by atoms with Gasteiger partial charge in [-0.1, -0.05) is 222 Å². The minimum absolute atomic E-state index is 0.205. The highest BCUT2D eigenvalue weighted by Gasteiger charge is 2.44. The van der Waals surface area contributed by atoms with Gasteiger partial charge in [0, 0.05) is 6.42 Å². The Labute approximate surface area is 411 Å². The predicted octanol–water partition coefficient (Wildman–Crippen LogP) is 13.5. The van der Waals surface area contributed by atoms with Crippen molar-refractivity contribution in [1.29, 1.82) is 0 Å². The first-order valence-corrected chi connectivity index (χ1v) is 28.0. The van der Waals surface area contributed by atoms with Gasteiger partial charge in [0.25, 0.3) is 0 Å². The van der Waals surface area contributed by atoms with Gasteiger partial charge in [-0.3, -0.25) is 4.79 Å². The molecule has 0 aromatic carbocycles. The molecule has 1 saturated heterocycles. The van der Waals surface area contributed by atoms with Crippen LogP contribution in [0.3, 0.4) is 0 Å². The number of nitrogens with one attached hydrogen (secondary N) is 1. The summed E-state index contributed by atoms with van der Waals surface area (Å²) >= 11 is 0. The molecule has 0 radical (unpaired) electrons. The van der Waals surface area contributed by atoms with E-state index in [1.54, 1.807) is 6.08 Å². The largest absolute Gasteiger partial charge is 0.394 e. The topological polar surface area (TPSA) is 149 Å². The number of amides is 1. The Morgan fingerprint density at radius 2 is 0.896 bits per heavy atom. The van der Waals surface area contributed by atoms with Gasteiger partial charge in [0.2, 0.25) is 5.91 Å². The summed E-state index contributed by atoms with van der Waals surface area (Å²) in [6, 6.07) is -0.838. The minimum atomic E-state index is -1.58. The lowest BCUT2D eigenvalue weighted by Gasteiger charge is -2.40. The van der Waals surface area contributed by atoms with Gasteiger partial charge in [0.1, 0.15) is 24.4 Å². The number of aliphatic hydroxyl groups is 5. The number of carbonyl (C=O) groups excluding carboxylic acids is 1. The summed E-state index contributed by atoms with van der Waals surface area (Å²) in [5, 5.41) is 54.4. The normalized spacial score (nSPS) is 20.1. The number of hydrogen-bond donors (Lipinski definition) is 6.